The van der Waals surface area contributed by atoms with E-state index < -0.39 is 0 Å². The van der Waals surface area contributed by atoms with Gasteiger partial charge in [0, 0.05) is 42.1 Å². The minimum atomic E-state index is 0.132. The number of aliphatic imine (C=N–C) groups is 1. The highest BCUT2D eigenvalue weighted by Gasteiger charge is 2.17. The topological polar surface area (TPSA) is 49.3 Å². The number of aromatic nitrogens is 1. The second-order valence-corrected chi connectivity index (χ2v) is 9.04. The van der Waals surface area contributed by atoms with Crippen molar-refractivity contribution in [2.45, 2.75) is 58.4 Å². The predicted octanol–water partition coefficient (Wildman–Crippen LogP) is 3.43. The summed E-state index contributed by atoms with van der Waals surface area (Å²) >= 11 is 3.79. The second kappa shape index (κ2) is 8.92. The van der Waals surface area contributed by atoms with E-state index in [1.54, 1.807) is 11.3 Å². The van der Waals surface area contributed by atoms with E-state index in [1.165, 1.54) is 35.0 Å². The van der Waals surface area contributed by atoms with E-state index in [1.807, 2.05) is 11.8 Å². The van der Waals surface area contributed by atoms with Gasteiger partial charge in [-0.15, -0.1) is 11.3 Å². The van der Waals surface area contributed by atoms with Gasteiger partial charge >= 0.3 is 0 Å². The summed E-state index contributed by atoms with van der Waals surface area (Å²) in [5.74, 6) is 3.44. The van der Waals surface area contributed by atoms with Crippen molar-refractivity contribution in [1.82, 2.24) is 15.6 Å². The summed E-state index contributed by atoms with van der Waals surface area (Å²) in [5.41, 5.74) is 1.32. The van der Waals surface area contributed by atoms with Gasteiger partial charge in [0.15, 0.2) is 5.96 Å². The number of hydrogen-bond donors (Lipinski definition) is 2. The lowest BCUT2D eigenvalue weighted by Crippen LogP contribution is -2.45. The molecule has 0 amide bonds. The monoisotopic (exact) mass is 354 g/mol. The zero-order chi connectivity index (χ0) is 16.7. The molecular formula is C17H30N4S2. The Bertz CT molecular complexity index is 499. The Morgan fingerprint density at radius 2 is 2.26 bits per heavy atom. The molecule has 6 heteroatoms. The van der Waals surface area contributed by atoms with Crippen LogP contribution in [0.4, 0.5) is 0 Å². The Labute approximate surface area is 149 Å². The molecule has 1 fully saturated rings. The van der Waals surface area contributed by atoms with Crippen molar-refractivity contribution < 1.29 is 0 Å². The van der Waals surface area contributed by atoms with Gasteiger partial charge in [-0.25, -0.2) is 4.98 Å². The van der Waals surface area contributed by atoms with Crippen molar-refractivity contribution in [3.05, 3.63) is 16.1 Å². The van der Waals surface area contributed by atoms with Crippen LogP contribution in [0.1, 0.15) is 51.2 Å². The third-order valence-corrected chi connectivity index (χ3v) is 5.89. The van der Waals surface area contributed by atoms with Crippen molar-refractivity contribution in [3.63, 3.8) is 0 Å². The number of nitrogens with one attached hydrogen (secondary N) is 2. The summed E-state index contributed by atoms with van der Waals surface area (Å²) < 4.78 is 0. The number of rotatable bonds is 5. The summed E-state index contributed by atoms with van der Waals surface area (Å²) in [6.45, 7) is 10.4. The number of hydrogen-bond acceptors (Lipinski definition) is 4. The van der Waals surface area contributed by atoms with Crippen molar-refractivity contribution in [2.75, 3.05) is 24.6 Å². The predicted molar refractivity (Wildman–Crippen MR) is 104 cm³/mol. The van der Waals surface area contributed by atoms with Gasteiger partial charge in [-0.05, 0) is 25.5 Å². The van der Waals surface area contributed by atoms with Crippen LogP contribution in [-0.4, -0.2) is 41.6 Å². The van der Waals surface area contributed by atoms with Crippen LogP contribution in [0.2, 0.25) is 0 Å². The van der Waals surface area contributed by atoms with Crippen molar-refractivity contribution in [2.24, 2.45) is 4.99 Å². The van der Waals surface area contributed by atoms with E-state index in [0.29, 0.717) is 6.04 Å². The quantitative estimate of drug-likeness (QED) is 0.628. The number of thiazole rings is 1. The molecule has 1 aromatic heterocycles. The lowest BCUT2D eigenvalue weighted by molar-refractivity contribution is 0.570. The zero-order valence-electron chi connectivity index (χ0n) is 14.8. The summed E-state index contributed by atoms with van der Waals surface area (Å²) in [5, 5.41) is 10.3. The lowest BCUT2D eigenvalue weighted by Gasteiger charge is -2.24. The van der Waals surface area contributed by atoms with Crippen molar-refractivity contribution in [3.8, 4) is 0 Å². The fourth-order valence-corrected chi connectivity index (χ4v) is 4.49. The van der Waals surface area contributed by atoms with Gasteiger partial charge in [0.2, 0.25) is 0 Å². The molecule has 0 radical (unpaired) electrons. The van der Waals surface area contributed by atoms with E-state index in [4.69, 9.17) is 9.98 Å². The van der Waals surface area contributed by atoms with Gasteiger partial charge in [0.05, 0.1) is 10.7 Å². The maximum Gasteiger partial charge on any atom is 0.191 e. The zero-order valence-corrected chi connectivity index (χ0v) is 16.4. The molecule has 1 aromatic rings. The molecule has 0 saturated carbocycles. The van der Waals surface area contributed by atoms with Gasteiger partial charge < -0.3 is 10.6 Å². The lowest BCUT2D eigenvalue weighted by atomic mass is 9.93. The Morgan fingerprint density at radius 3 is 2.87 bits per heavy atom. The molecule has 2 N–H and O–H groups in total. The van der Waals surface area contributed by atoms with Gasteiger partial charge in [0.1, 0.15) is 0 Å². The van der Waals surface area contributed by atoms with E-state index in [0.717, 1.165) is 25.5 Å². The molecule has 2 heterocycles. The van der Waals surface area contributed by atoms with Crippen LogP contribution in [0.25, 0.3) is 0 Å². The van der Waals surface area contributed by atoms with E-state index in [-0.39, 0.29) is 5.41 Å². The molecule has 1 aliphatic heterocycles. The van der Waals surface area contributed by atoms with Crippen LogP contribution < -0.4 is 10.6 Å². The largest absolute Gasteiger partial charge is 0.357 e. The minimum Gasteiger partial charge on any atom is -0.357 e. The first kappa shape index (κ1) is 18.6. The fourth-order valence-electron chi connectivity index (χ4n) is 2.40. The van der Waals surface area contributed by atoms with Gasteiger partial charge in [-0.2, -0.15) is 11.8 Å². The molecule has 4 nitrogen and oxygen atoms in total. The maximum absolute atomic E-state index is 4.75. The smallest absolute Gasteiger partial charge is 0.191 e. The number of nitrogens with zero attached hydrogens (tertiary/aromatic N) is 2. The highest BCUT2D eigenvalue weighted by molar-refractivity contribution is 7.99. The third kappa shape index (κ3) is 6.34. The summed E-state index contributed by atoms with van der Waals surface area (Å²) in [6, 6.07) is 0.555. The average molecular weight is 355 g/mol. The second-order valence-electron chi connectivity index (χ2n) is 6.95. The third-order valence-electron chi connectivity index (χ3n) is 3.76. The molecule has 0 spiro atoms. The molecule has 1 atom stereocenters. The Balaban J connectivity index is 1.86. The standard InChI is InChI=1S/C17H30N4S2/c1-5-18-16(20-13-7-6-10-22-11-13)19-9-8-15-21-14(12-23-15)17(2,3)4/h12-13H,5-11H2,1-4H3,(H2,18,19,20). The first-order chi connectivity index (χ1) is 11.0. The molecule has 1 unspecified atom stereocenters. The fraction of sp³-hybridized carbons (Fsp3) is 0.765. The van der Waals surface area contributed by atoms with Crippen molar-refractivity contribution in [1.29, 1.82) is 0 Å². The van der Waals surface area contributed by atoms with E-state index in [2.05, 4.69) is 43.7 Å². The maximum atomic E-state index is 4.75. The molecule has 1 saturated heterocycles. The molecule has 0 aliphatic carbocycles. The van der Waals surface area contributed by atoms with Crippen LogP contribution in [-0.2, 0) is 11.8 Å². The SMILES string of the molecule is CCNC(=NCCc1nc(C(C)(C)C)cs1)NC1CCCSC1. The average Bonchev–Trinajstić information content (AvgIpc) is 2.97. The van der Waals surface area contributed by atoms with Gasteiger partial charge in [-0.3, -0.25) is 4.99 Å². The van der Waals surface area contributed by atoms with Gasteiger partial charge in [-0.1, -0.05) is 20.8 Å². The first-order valence-electron chi connectivity index (χ1n) is 8.56. The van der Waals surface area contributed by atoms with Crippen LogP contribution in [0.5, 0.6) is 0 Å². The van der Waals surface area contributed by atoms with Gasteiger partial charge in [0.25, 0.3) is 0 Å². The van der Waals surface area contributed by atoms with E-state index >= 15 is 0 Å². The molecule has 130 valence electrons. The Hall–Kier alpha value is -0.750. The summed E-state index contributed by atoms with van der Waals surface area (Å²) in [7, 11) is 0. The van der Waals surface area contributed by atoms with Crippen LogP contribution in [0.3, 0.4) is 0 Å². The minimum absolute atomic E-state index is 0.132. The molecule has 0 aromatic carbocycles. The van der Waals surface area contributed by atoms with E-state index in [9.17, 15) is 0 Å². The molecular weight excluding hydrogens is 324 g/mol. The normalized spacial score (nSPS) is 19.7. The Kier molecular flexibility index (Phi) is 7.21. The number of guanidine groups is 1. The molecule has 2 rings (SSSR count). The molecule has 23 heavy (non-hydrogen) atoms. The summed E-state index contributed by atoms with van der Waals surface area (Å²) in [6.07, 6.45) is 3.46. The highest BCUT2D eigenvalue weighted by atomic mass is 32.2. The Morgan fingerprint density at radius 1 is 1.43 bits per heavy atom. The van der Waals surface area contributed by atoms with Crippen LogP contribution in [0.15, 0.2) is 10.4 Å². The number of thioether (sulfide) groups is 1. The molecule has 0 bridgehead atoms. The highest BCUT2D eigenvalue weighted by Crippen LogP contribution is 2.24. The van der Waals surface area contributed by atoms with Crippen LogP contribution >= 0.6 is 23.1 Å². The first-order valence-corrected chi connectivity index (χ1v) is 10.6. The summed E-state index contributed by atoms with van der Waals surface area (Å²) in [4.78, 5) is 9.47. The van der Waals surface area contributed by atoms with Crippen molar-refractivity contribution >= 4 is 29.1 Å². The van der Waals surface area contributed by atoms with Crippen LogP contribution in [0, 0.1) is 0 Å². The molecule has 1 aliphatic rings.